The lowest BCUT2D eigenvalue weighted by Crippen LogP contribution is -2.07. The third kappa shape index (κ3) is 3.05. The molecule has 1 atom stereocenters. The Morgan fingerprint density at radius 2 is 1.86 bits per heavy atom. The number of hydrogen-bond acceptors (Lipinski definition) is 2. The van der Waals surface area contributed by atoms with Gasteiger partial charge >= 0.3 is 0 Å². The molecule has 3 nitrogen and oxygen atoms in total. The van der Waals surface area contributed by atoms with Gasteiger partial charge in [-0.25, -0.2) is 0 Å². The second kappa shape index (κ2) is 6.05. The molecule has 0 fully saturated rings. The summed E-state index contributed by atoms with van der Waals surface area (Å²) in [5.41, 5.74) is 3.02. The lowest BCUT2D eigenvalue weighted by Gasteiger charge is -2.08. The largest absolute Gasteiger partial charge is 0.612 e. The van der Waals surface area contributed by atoms with Crippen molar-refractivity contribution in [2.45, 2.75) is 5.75 Å². The minimum atomic E-state index is -1.25. The first-order chi connectivity index (χ1) is 10.1. The molecule has 2 aromatic rings. The zero-order valence-electron chi connectivity index (χ0n) is 11.0. The van der Waals surface area contributed by atoms with Gasteiger partial charge in [-0.2, -0.15) is 0 Å². The molecule has 1 N–H and O–H groups in total. The predicted molar refractivity (Wildman–Crippen MR) is 89.0 cm³/mol. The average molecular weight is 362 g/mol. The minimum absolute atomic E-state index is 0.198. The van der Waals surface area contributed by atoms with E-state index >= 15 is 0 Å². The number of rotatable bonds is 3. The number of hydrogen-bond donors (Lipinski definition) is 1. The molecule has 0 aliphatic carbocycles. The van der Waals surface area contributed by atoms with Crippen molar-refractivity contribution in [2.24, 2.45) is 0 Å². The molecule has 3 rings (SSSR count). The van der Waals surface area contributed by atoms with Crippen molar-refractivity contribution in [2.75, 3.05) is 5.32 Å². The van der Waals surface area contributed by atoms with E-state index in [4.69, 9.17) is 0 Å². The smallest absolute Gasteiger partial charge is 0.260 e. The fourth-order valence-corrected chi connectivity index (χ4v) is 3.95. The van der Waals surface area contributed by atoms with Gasteiger partial charge in [0, 0.05) is 21.3 Å². The molecule has 106 valence electrons. The Morgan fingerprint density at radius 1 is 1.14 bits per heavy atom. The summed E-state index contributed by atoms with van der Waals surface area (Å²) in [4.78, 5) is 12.0. The molecular formula is C16H12BrNO2S. The Kier molecular flexibility index (Phi) is 4.14. The van der Waals surface area contributed by atoms with Crippen LogP contribution in [-0.4, -0.2) is 10.5 Å². The third-order valence-electron chi connectivity index (χ3n) is 3.21. The Balaban J connectivity index is 1.85. The molecule has 0 saturated heterocycles. The highest BCUT2D eigenvalue weighted by molar-refractivity contribution is 9.10. The Bertz CT molecular complexity index is 730. The number of benzene rings is 2. The van der Waals surface area contributed by atoms with E-state index in [1.807, 2.05) is 48.5 Å². The summed E-state index contributed by atoms with van der Waals surface area (Å²) >= 11 is 2.19. The summed E-state index contributed by atoms with van der Waals surface area (Å²) in [7, 11) is 0. The number of fused-ring (bicyclic) bond motifs is 1. The molecule has 0 bridgehead atoms. The van der Waals surface area contributed by atoms with Gasteiger partial charge in [-0.15, -0.1) is 0 Å². The van der Waals surface area contributed by atoms with Crippen LogP contribution in [0.2, 0.25) is 0 Å². The van der Waals surface area contributed by atoms with Crippen LogP contribution in [-0.2, 0) is 21.7 Å². The zero-order valence-corrected chi connectivity index (χ0v) is 13.4. The summed E-state index contributed by atoms with van der Waals surface area (Å²) in [6, 6.07) is 15.1. The molecule has 2 aromatic carbocycles. The van der Waals surface area contributed by atoms with Gasteiger partial charge in [-0.05, 0) is 23.3 Å². The van der Waals surface area contributed by atoms with Crippen LogP contribution in [0.25, 0.3) is 5.57 Å². The van der Waals surface area contributed by atoms with Crippen molar-refractivity contribution in [1.82, 2.24) is 0 Å². The molecule has 0 radical (unpaired) electrons. The van der Waals surface area contributed by atoms with E-state index in [9.17, 15) is 9.35 Å². The van der Waals surface area contributed by atoms with E-state index in [2.05, 4.69) is 21.2 Å². The molecule has 1 unspecified atom stereocenters. The molecule has 0 aromatic heterocycles. The van der Waals surface area contributed by atoms with Gasteiger partial charge in [0.1, 0.15) is 11.2 Å². The molecule has 0 spiro atoms. The maximum Gasteiger partial charge on any atom is 0.260 e. The normalized spacial score (nSPS) is 16.7. The number of nitrogens with one attached hydrogen (secondary N) is 1. The summed E-state index contributed by atoms with van der Waals surface area (Å²) in [6.07, 6.45) is 0. The van der Waals surface area contributed by atoms with Crippen LogP contribution in [0.5, 0.6) is 0 Å². The van der Waals surface area contributed by atoms with E-state index in [1.165, 1.54) is 0 Å². The van der Waals surface area contributed by atoms with Gasteiger partial charge in [0.15, 0.2) is 0 Å². The van der Waals surface area contributed by atoms with Crippen LogP contribution in [0, 0.1) is 0 Å². The Labute approximate surface area is 134 Å². The van der Waals surface area contributed by atoms with Gasteiger partial charge < -0.3 is 9.87 Å². The molecule has 1 aliphatic rings. The maximum absolute atomic E-state index is 12.3. The van der Waals surface area contributed by atoms with Gasteiger partial charge in [0.25, 0.3) is 5.91 Å². The van der Waals surface area contributed by atoms with Crippen molar-refractivity contribution in [3.8, 4) is 0 Å². The molecule has 5 heteroatoms. The first-order valence-corrected chi connectivity index (χ1v) is 8.56. The van der Waals surface area contributed by atoms with E-state index in [-0.39, 0.29) is 5.91 Å². The predicted octanol–water partition coefficient (Wildman–Crippen LogP) is 3.69. The first-order valence-electron chi connectivity index (χ1n) is 6.38. The summed E-state index contributed by atoms with van der Waals surface area (Å²) < 4.78 is 13.2. The quantitative estimate of drug-likeness (QED) is 0.669. The van der Waals surface area contributed by atoms with E-state index < -0.39 is 11.2 Å². The van der Waals surface area contributed by atoms with E-state index in [0.717, 1.165) is 21.3 Å². The van der Waals surface area contributed by atoms with Crippen LogP contribution in [0.15, 0.2) is 58.4 Å². The highest BCUT2D eigenvalue weighted by atomic mass is 79.9. The number of carbonyl (C=O) groups is 1. The number of amides is 1. The Hall–Kier alpha value is -1.56. The Morgan fingerprint density at radius 3 is 2.67 bits per heavy atom. The number of halogens is 1. The van der Waals surface area contributed by atoms with Gasteiger partial charge in [0.05, 0.1) is 5.57 Å². The van der Waals surface area contributed by atoms with Crippen LogP contribution < -0.4 is 5.32 Å². The number of para-hydroxylation sites is 1. The average Bonchev–Trinajstić information content (AvgIpc) is 2.78. The molecule has 1 aliphatic heterocycles. The molecular weight excluding hydrogens is 350 g/mol. The minimum Gasteiger partial charge on any atom is -0.612 e. The SMILES string of the molecule is O=C1Nc2ccccc2C1=C[S+]([O-])Cc1ccccc1Br. The van der Waals surface area contributed by atoms with Crippen LogP contribution in [0.1, 0.15) is 11.1 Å². The second-order valence-corrected chi connectivity index (χ2v) is 6.79. The summed E-state index contributed by atoms with van der Waals surface area (Å²) in [6.45, 7) is 0. The van der Waals surface area contributed by atoms with Crippen LogP contribution in [0.3, 0.4) is 0 Å². The lowest BCUT2D eigenvalue weighted by molar-refractivity contribution is -0.110. The molecule has 1 amide bonds. The van der Waals surface area contributed by atoms with Crippen LogP contribution >= 0.6 is 15.9 Å². The van der Waals surface area contributed by atoms with Crippen molar-refractivity contribution >= 4 is 44.3 Å². The topological polar surface area (TPSA) is 52.2 Å². The van der Waals surface area contributed by atoms with E-state index in [1.54, 1.807) is 5.41 Å². The van der Waals surface area contributed by atoms with Crippen molar-refractivity contribution in [1.29, 1.82) is 0 Å². The summed E-state index contributed by atoms with van der Waals surface area (Å²) in [5.74, 6) is 0.178. The first kappa shape index (κ1) is 14.4. The van der Waals surface area contributed by atoms with Crippen molar-refractivity contribution in [3.63, 3.8) is 0 Å². The van der Waals surface area contributed by atoms with Crippen LogP contribution in [0.4, 0.5) is 5.69 Å². The highest BCUT2D eigenvalue weighted by Gasteiger charge is 2.26. The molecule has 1 heterocycles. The second-order valence-electron chi connectivity index (χ2n) is 4.65. The highest BCUT2D eigenvalue weighted by Crippen LogP contribution is 2.32. The van der Waals surface area contributed by atoms with Gasteiger partial charge in [-0.1, -0.05) is 52.3 Å². The summed E-state index contributed by atoms with van der Waals surface area (Å²) in [5, 5.41) is 4.32. The third-order valence-corrected chi connectivity index (χ3v) is 5.08. The maximum atomic E-state index is 12.3. The monoisotopic (exact) mass is 361 g/mol. The van der Waals surface area contributed by atoms with Gasteiger partial charge in [0.2, 0.25) is 0 Å². The number of carbonyl (C=O) groups excluding carboxylic acids is 1. The lowest BCUT2D eigenvalue weighted by atomic mass is 10.1. The molecule has 0 saturated carbocycles. The fraction of sp³-hybridized carbons (Fsp3) is 0.0625. The zero-order chi connectivity index (χ0) is 14.8. The number of anilines is 1. The molecule has 21 heavy (non-hydrogen) atoms. The standard InChI is InChI=1S/C16H12BrNO2S/c17-14-7-3-1-5-11(14)9-21(20)10-13-12-6-2-4-8-15(12)18-16(13)19/h1-8,10H,9H2,(H,18,19). The van der Waals surface area contributed by atoms with Crippen molar-refractivity contribution < 1.29 is 9.35 Å². The van der Waals surface area contributed by atoms with Crippen molar-refractivity contribution in [3.05, 3.63) is 69.5 Å². The van der Waals surface area contributed by atoms with Gasteiger partial charge in [-0.3, -0.25) is 4.79 Å². The fourth-order valence-electron chi connectivity index (χ4n) is 2.20. The van der Waals surface area contributed by atoms with E-state index in [0.29, 0.717) is 11.3 Å².